The van der Waals surface area contributed by atoms with Crippen LogP contribution < -0.4 is 14.8 Å². The Kier molecular flexibility index (Phi) is 9.76. The Bertz CT molecular complexity index is 1180. The molecule has 1 fully saturated rings. The molecular weight excluding hydrogens is 480 g/mol. The zero-order chi connectivity index (χ0) is 26.7. The number of benzene rings is 3. The molecule has 7 nitrogen and oxygen atoms in total. The second-order valence-corrected chi connectivity index (χ2v) is 9.46. The second kappa shape index (κ2) is 13.6. The second-order valence-electron chi connectivity index (χ2n) is 9.46. The number of rotatable bonds is 12. The molecule has 1 N–H and O–H groups in total. The van der Waals surface area contributed by atoms with E-state index in [0.29, 0.717) is 31.0 Å². The van der Waals surface area contributed by atoms with Crippen molar-refractivity contribution in [1.29, 1.82) is 0 Å². The van der Waals surface area contributed by atoms with E-state index in [1.807, 2.05) is 66.7 Å². The van der Waals surface area contributed by atoms with Gasteiger partial charge in [-0.1, -0.05) is 66.7 Å². The lowest BCUT2D eigenvalue weighted by Crippen LogP contribution is -2.52. The first-order valence-electron chi connectivity index (χ1n) is 13.0. The third kappa shape index (κ3) is 7.35. The Morgan fingerprint density at radius 2 is 1.61 bits per heavy atom. The van der Waals surface area contributed by atoms with Gasteiger partial charge in [0.25, 0.3) is 0 Å². The van der Waals surface area contributed by atoms with Crippen LogP contribution in [-0.2, 0) is 33.7 Å². The minimum Gasteiger partial charge on any atom is -0.493 e. The maximum absolute atomic E-state index is 13.9. The fourth-order valence-electron chi connectivity index (χ4n) is 4.74. The van der Waals surface area contributed by atoms with Crippen LogP contribution in [0.3, 0.4) is 0 Å². The molecule has 0 saturated carbocycles. The van der Waals surface area contributed by atoms with Crippen LogP contribution in [0.5, 0.6) is 11.5 Å². The molecule has 0 radical (unpaired) electrons. The minimum absolute atomic E-state index is 0.0152. The number of carbonyl (C=O) groups is 2. The molecular formula is C31H36N2O5. The molecule has 3 aromatic rings. The molecule has 0 aromatic heterocycles. The van der Waals surface area contributed by atoms with E-state index >= 15 is 0 Å². The summed E-state index contributed by atoms with van der Waals surface area (Å²) in [4.78, 5) is 29.3. The van der Waals surface area contributed by atoms with Crippen molar-refractivity contribution in [2.24, 2.45) is 0 Å². The fourth-order valence-corrected chi connectivity index (χ4v) is 4.74. The molecule has 3 aromatic carbocycles. The van der Waals surface area contributed by atoms with Crippen molar-refractivity contribution in [3.8, 4) is 11.5 Å². The normalized spacial score (nSPS) is 15.5. The van der Waals surface area contributed by atoms with Gasteiger partial charge in [-0.15, -0.1) is 0 Å². The molecule has 2 amide bonds. The number of carbonyl (C=O) groups excluding carboxylic acids is 2. The highest BCUT2D eigenvalue weighted by Gasteiger charge is 2.31. The van der Waals surface area contributed by atoms with Crippen LogP contribution in [0.2, 0.25) is 0 Å². The average molecular weight is 517 g/mol. The van der Waals surface area contributed by atoms with Crippen molar-refractivity contribution in [2.45, 2.75) is 44.4 Å². The summed E-state index contributed by atoms with van der Waals surface area (Å²) in [6.45, 7) is 1.48. The van der Waals surface area contributed by atoms with Crippen LogP contribution in [0.15, 0.2) is 78.9 Å². The number of hydrogen-bond acceptors (Lipinski definition) is 5. The zero-order valence-corrected chi connectivity index (χ0v) is 22.1. The highest BCUT2D eigenvalue weighted by molar-refractivity contribution is 5.89. The molecule has 0 aliphatic carbocycles. The van der Waals surface area contributed by atoms with E-state index in [9.17, 15) is 9.59 Å². The van der Waals surface area contributed by atoms with E-state index in [2.05, 4.69) is 5.32 Å². The topological polar surface area (TPSA) is 77.1 Å². The van der Waals surface area contributed by atoms with Crippen LogP contribution >= 0.6 is 0 Å². The van der Waals surface area contributed by atoms with Gasteiger partial charge in [0.1, 0.15) is 6.04 Å². The Hall–Kier alpha value is -3.84. The van der Waals surface area contributed by atoms with Crippen molar-refractivity contribution in [2.75, 3.05) is 27.4 Å². The number of nitrogens with one attached hydrogen (secondary N) is 1. The average Bonchev–Trinajstić information content (AvgIpc) is 3.48. The molecule has 2 atom stereocenters. The van der Waals surface area contributed by atoms with Gasteiger partial charge in [-0.25, -0.2) is 0 Å². The number of ether oxygens (including phenoxy) is 3. The predicted octanol–water partition coefficient (Wildman–Crippen LogP) is 4.18. The summed E-state index contributed by atoms with van der Waals surface area (Å²) in [6.07, 6.45) is 2.47. The molecule has 2 unspecified atom stereocenters. The zero-order valence-electron chi connectivity index (χ0n) is 22.1. The fraction of sp³-hybridized carbons (Fsp3) is 0.355. The Balaban J connectivity index is 1.62. The summed E-state index contributed by atoms with van der Waals surface area (Å²) in [5.41, 5.74) is 2.73. The van der Waals surface area contributed by atoms with Gasteiger partial charge in [0, 0.05) is 26.1 Å². The lowest BCUT2D eigenvalue weighted by Gasteiger charge is -2.32. The van der Waals surface area contributed by atoms with E-state index in [1.165, 1.54) is 0 Å². The lowest BCUT2D eigenvalue weighted by molar-refractivity contribution is -0.141. The van der Waals surface area contributed by atoms with Crippen LogP contribution in [0.4, 0.5) is 0 Å². The third-order valence-electron chi connectivity index (χ3n) is 6.80. The first-order valence-corrected chi connectivity index (χ1v) is 13.0. The van der Waals surface area contributed by atoms with E-state index in [0.717, 1.165) is 36.1 Å². The van der Waals surface area contributed by atoms with Crippen molar-refractivity contribution >= 4 is 11.8 Å². The minimum atomic E-state index is -0.688. The molecule has 0 bridgehead atoms. The summed E-state index contributed by atoms with van der Waals surface area (Å²) >= 11 is 0. The maximum atomic E-state index is 13.9. The van der Waals surface area contributed by atoms with Crippen molar-refractivity contribution in [3.63, 3.8) is 0 Å². The Morgan fingerprint density at radius 1 is 0.921 bits per heavy atom. The number of nitrogens with zero attached hydrogens (tertiary/aromatic N) is 1. The molecule has 4 rings (SSSR count). The van der Waals surface area contributed by atoms with Gasteiger partial charge in [-0.3, -0.25) is 9.59 Å². The molecule has 1 aliphatic heterocycles. The van der Waals surface area contributed by atoms with Crippen LogP contribution in [0.1, 0.15) is 29.5 Å². The molecule has 38 heavy (non-hydrogen) atoms. The van der Waals surface area contributed by atoms with Crippen LogP contribution in [-0.4, -0.2) is 56.2 Å². The van der Waals surface area contributed by atoms with E-state index in [1.54, 1.807) is 31.3 Å². The van der Waals surface area contributed by atoms with E-state index < -0.39 is 6.04 Å². The molecule has 1 aliphatic rings. The SMILES string of the molecule is COc1ccc(CC(=O)N(Cc2ccccc2)C(Cc2ccccc2)C(=O)NCC2CCCO2)cc1OC. The predicted molar refractivity (Wildman–Crippen MR) is 146 cm³/mol. The monoisotopic (exact) mass is 516 g/mol. The van der Waals surface area contributed by atoms with Crippen LogP contribution in [0, 0.1) is 0 Å². The molecule has 7 heteroatoms. The standard InChI is InChI=1S/C31H36N2O5/c1-36-28-16-15-25(19-29(28)37-2)20-30(34)33(22-24-12-7-4-8-13-24)27(18-23-10-5-3-6-11-23)31(35)32-21-26-14-9-17-38-26/h3-8,10-13,15-16,19,26-27H,9,14,17-18,20-22H2,1-2H3,(H,32,35). The van der Waals surface area contributed by atoms with Gasteiger partial charge in [-0.05, 0) is 41.7 Å². The largest absolute Gasteiger partial charge is 0.493 e. The quantitative estimate of drug-likeness (QED) is 0.391. The molecule has 200 valence electrons. The summed E-state index contributed by atoms with van der Waals surface area (Å²) < 4.78 is 16.5. The van der Waals surface area contributed by atoms with Crippen molar-refractivity contribution in [1.82, 2.24) is 10.2 Å². The summed E-state index contributed by atoms with van der Waals surface area (Å²) in [5, 5.41) is 3.07. The van der Waals surface area contributed by atoms with Gasteiger partial charge < -0.3 is 24.4 Å². The third-order valence-corrected chi connectivity index (χ3v) is 6.80. The van der Waals surface area contributed by atoms with Gasteiger partial charge in [0.15, 0.2) is 11.5 Å². The van der Waals surface area contributed by atoms with E-state index in [4.69, 9.17) is 14.2 Å². The highest BCUT2D eigenvalue weighted by Crippen LogP contribution is 2.28. The Labute approximate surface area is 224 Å². The lowest BCUT2D eigenvalue weighted by atomic mass is 10.0. The first-order chi connectivity index (χ1) is 18.6. The summed E-state index contributed by atoms with van der Waals surface area (Å²) in [6, 6.07) is 24.3. The van der Waals surface area contributed by atoms with Gasteiger partial charge in [-0.2, -0.15) is 0 Å². The molecule has 0 spiro atoms. The first kappa shape index (κ1) is 27.2. The number of methoxy groups -OCH3 is 2. The van der Waals surface area contributed by atoms with Crippen molar-refractivity contribution in [3.05, 3.63) is 95.6 Å². The van der Waals surface area contributed by atoms with Gasteiger partial charge in [0.05, 0.1) is 26.7 Å². The molecule has 1 heterocycles. The summed E-state index contributed by atoms with van der Waals surface area (Å²) in [5.74, 6) is 0.832. The van der Waals surface area contributed by atoms with Gasteiger partial charge >= 0.3 is 0 Å². The maximum Gasteiger partial charge on any atom is 0.243 e. The molecule has 1 saturated heterocycles. The highest BCUT2D eigenvalue weighted by atomic mass is 16.5. The van der Waals surface area contributed by atoms with E-state index in [-0.39, 0.29) is 24.3 Å². The summed E-state index contributed by atoms with van der Waals surface area (Å²) in [7, 11) is 3.15. The number of amides is 2. The number of hydrogen-bond donors (Lipinski definition) is 1. The Morgan fingerprint density at radius 3 is 2.24 bits per heavy atom. The van der Waals surface area contributed by atoms with Gasteiger partial charge in [0.2, 0.25) is 11.8 Å². The van der Waals surface area contributed by atoms with Crippen LogP contribution in [0.25, 0.3) is 0 Å². The van der Waals surface area contributed by atoms with Crippen molar-refractivity contribution < 1.29 is 23.8 Å². The smallest absolute Gasteiger partial charge is 0.243 e.